The lowest BCUT2D eigenvalue weighted by molar-refractivity contribution is -0.001000. The summed E-state index contributed by atoms with van der Waals surface area (Å²) in [6.07, 6.45) is 4.33. The number of rotatable bonds is 2. The second kappa shape index (κ2) is 6.82. The Morgan fingerprint density at radius 3 is 2.64 bits per heavy atom. The molecule has 0 aliphatic rings. The molecule has 0 fully saturated rings. The Hall–Kier alpha value is 0.130. The number of hydrogen-bond acceptors (Lipinski definition) is 2. The summed E-state index contributed by atoms with van der Waals surface area (Å²) in [6.45, 7) is 1.97. The zero-order chi connectivity index (χ0) is 6.69. The van der Waals surface area contributed by atoms with E-state index in [1.54, 1.807) is 12.5 Å². The van der Waals surface area contributed by atoms with Gasteiger partial charge in [-0.25, -0.2) is 4.98 Å². The lowest BCUT2D eigenvalue weighted by atomic mass is 10.2. The third-order valence-electron chi connectivity index (χ3n) is 1.10. The first-order valence-electron chi connectivity index (χ1n) is 3.02. The average Bonchev–Trinajstić information content (AvgIpc) is 2.15. The number of aromatic nitrogens is 2. The van der Waals surface area contributed by atoms with Gasteiger partial charge in [0.15, 0.2) is 0 Å². The van der Waals surface area contributed by atoms with Gasteiger partial charge >= 0.3 is 0 Å². The molecule has 3 N–H and O–H groups in total. The predicted octanol–water partition coefficient (Wildman–Crippen LogP) is -5.69. The standard InChI is InChI=1S/C6H11N3.2BrH/c1-5(7)2-6-3-8-4-9-6;;/h3-5H,2,7H2,1H3,(H,8,9);2*1H/p-2. The Labute approximate surface area is 87.3 Å². The smallest absolute Gasteiger partial charge is 0.0921 e. The van der Waals surface area contributed by atoms with Crippen molar-refractivity contribution >= 4 is 0 Å². The van der Waals surface area contributed by atoms with E-state index in [0.29, 0.717) is 0 Å². The molecule has 0 saturated heterocycles. The predicted molar refractivity (Wildman–Crippen MR) is 35.9 cm³/mol. The van der Waals surface area contributed by atoms with Crippen LogP contribution in [0.1, 0.15) is 12.6 Å². The van der Waals surface area contributed by atoms with E-state index in [2.05, 4.69) is 9.97 Å². The van der Waals surface area contributed by atoms with E-state index in [9.17, 15) is 0 Å². The molecule has 1 atom stereocenters. The van der Waals surface area contributed by atoms with Crippen LogP contribution in [0.3, 0.4) is 0 Å². The Kier molecular flexibility index (Phi) is 8.49. The van der Waals surface area contributed by atoms with E-state index in [1.165, 1.54) is 0 Å². The number of halogens is 2. The van der Waals surface area contributed by atoms with E-state index >= 15 is 0 Å². The summed E-state index contributed by atoms with van der Waals surface area (Å²) in [7, 11) is 0. The van der Waals surface area contributed by atoms with Crippen molar-refractivity contribution in [2.24, 2.45) is 5.73 Å². The summed E-state index contributed by atoms with van der Waals surface area (Å²) in [5, 5.41) is 0. The van der Waals surface area contributed by atoms with Gasteiger partial charge in [-0.3, -0.25) is 0 Å². The van der Waals surface area contributed by atoms with E-state index < -0.39 is 0 Å². The van der Waals surface area contributed by atoms with Gasteiger partial charge in [0, 0.05) is 24.4 Å². The van der Waals surface area contributed by atoms with E-state index in [4.69, 9.17) is 5.73 Å². The fourth-order valence-corrected chi connectivity index (χ4v) is 0.743. The van der Waals surface area contributed by atoms with Gasteiger partial charge in [0.05, 0.1) is 6.33 Å². The fourth-order valence-electron chi connectivity index (χ4n) is 0.743. The van der Waals surface area contributed by atoms with Crippen molar-refractivity contribution in [3.05, 3.63) is 18.2 Å². The van der Waals surface area contributed by atoms with Gasteiger partial charge in [0.1, 0.15) is 0 Å². The van der Waals surface area contributed by atoms with Gasteiger partial charge in [0.25, 0.3) is 0 Å². The van der Waals surface area contributed by atoms with Crippen LogP contribution in [0.2, 0.25) is 0 Å². The normalized spacial score (nSPS) is 11.1. The second-order valence-electron chi connectivity index (χ2n) is 2.26. The third kappa shape index (κ3) is 5.41. The van der Waals surface area contributed by atoms with Gasteiger partial charge in [0.2, 0.25) is 0 Å². The number of nitrogens with one attached hydrogen (secondary N) is 1. The number of nitrogens with zero attached hydrogens (tertiary/aromatic N) is 1. The fraction of sp³-hybridized carbons (Fsp3) is 0.500. The molecule has 5 heteroatoms. The summed E-state index contributed by atoms with van der Waals surface area (Å²) in [5.74, 6) is 0. The van der Waals surface area contributed by atoms with Gasteiger partial charge in [-0.05, 0) is 6.92 Å². The molecule has 3 nitrogen and oxygen atoms in total. The van der Waals surface area contributed by atoms with Crippen molar-refractivity contribution < 1.29 is 34.0 Å². The van der Waals surface area contributed by atoms with E-state index in [1.807, 2.05) is 6.92 Å². The van der Waals surface area contributed by atoms with Crippen LogP contribution >= 0.6 is 0 Å². The monoisotopic (exact) mass is 283 g/mol. The highest BCUT2D eigenvalue weighted by atomic mass is 79.9. The van der Waals surface area contributed by atoms with Gasteiger partial charge in [-0.2, -0.15) is 0 Å². The minimum absolute atomic E-state index is 0. The molecule has 66 valence electrons. The first kappa shape index (κ1) is 13.7. The van der Waals surface area contributed by atoms with Crippen molar-refractivity contribution in [2.75, 3.05) is 0 Å². The molecule has 0 bridgehead atoms. The highest BCUT2D eigenvalue weighted by molar-refractivity contribution is 4.95. The quantitative estimate of drug-likeness (QED) is 0.569. The molecule has 0 aliphatic heterocycles. The maximum Gasteiger partial charge on any atom is 0.0921 e. The molecule has 0 aliphatic carbocycles. The number of hydrogen-bond donors (Lipinski definition) is 2. The first-order chi connectivity index (χ1) is 4.29. The number of imidazole rings is 1. The topological polar surface area (TPSA) is 54.7 Å². The highest BCUT2D eigenvalue weighted by Gasteiger charge is 1.96. The maximum absolute atomic E-state index is 5.54. The van der Waals surface area contributed by atoms with Crippen LogP contribution in [-0.4, -0.2) is 16.0 Å². The molecular formula is C6H11Br2N3-2. The second-order valence-corrected chi connectivity index (χ2v) is 2.26. The maximum atomic E-state index is 5.54. The summed E-state index contributed by atoms with van der Waals surface area (Å²) in [4.78, 5) is 6.84. The number of H-pyrrole nitrogens is 1. The summed E-state index contributed by atoms with van der Waals surface area (Å²) < 4.78 is 0. The molecule has 0 saturated carbocycles. The summed E-state index contributed by atoms with van der Waals surface area (Å²) in [6, 6.07) is 0.213. The Morgan fingerprint density at radius 2 is 2.27 bits per heavy atom. The molecule has 1 heterocycles. The number of nitrogens with two attached hydrogens (primary N) is 1. The van der Waals surface area contributed by atoms with Crippen LogP contribution in [0.15, 0.2) is 12.5 Å². The molecule has 1 unspecified atom stereocenters. The molecule has 0 aromatic carbocycles. The SMILES string of the molecule is CC(N)Cc1cnc[nH]1.[Br-].[Br-]. The minimum atomic E-state index is 0. The van der Waals surface area contributed by atoms with Gasteiger partial charge in [-0.1, -0.05) is 0 Å². The molecule has 1 rings (SSSR count). The molecule has 0 amide bonds. The minimum Gasteiger partial charge on any atom is -1.00 e. The summed E-state index contributed by atoms with van der Waals surface area (Å²) in [5.41, 5.74) is 6.64. The van der Waals surface area contributed by atoms with Crippen molar-refractivity contribution in [3.8, 4) is 0 Å². The van der Waals surface area contributed by atoms with Crippen LogP contribution in [-0.2, 0) is 6.42 Å². The van der Waals surface area contributed by atoms with Crippen LogP contribution in [0.5, 0.6) is 0 Å². The van der Waals surface area contributed by atoms with Crippen molar-refractivity contribution in [3.63, 3.8) is 0 Å². The lowest BCUT2D eigenvalue weighted by Crippen LogP contribution is -3.00. The van der Waals surface area contributed by atoms with Crippen molar-refractivity contribution in [1.82, 2.24) is 9.97 Å². The van der Waals surface area contributed by atoms with E-state index in [0.717, 1.165) is 12.1 Å². The van der Waals surface area contributed by atoms with Gasteiger partial charge in [-0.15, -0.1) is 0 Å². The zero-order valence-electron chi connectivity index (χ0n) is 6.22. The van der Waals surface area contributed by atoms with Crippen molar-refractivity contribution in [1.29, 1.82) is 0 Å². The molecule has 1 aromatic heterocycles. The summed E-state index contributed by atoms with van der Waals surface area (Å²) >= 11 is 0. The van der Waals surface area contributed by atoms with Crippen LogP contribution in [0.25, 0.3) is 0 Å². The molecule has 0 spiro atoms. The Balaban J connectivity index is 0. The average molecular weight is 285 g/mol. The van der Waals surface area contributed by atoms with E-state index in [-0.39, 0.29) is 40.0 Å². The third-order valence-corrected chi connectivity index (χ3v) is 1.10. The highest BCUT2D eigenvalue weighted by Crippen LogP contribution is 1.93. The Morgan fingerprint density at radius 1 is 1.64 bits per heavy atom. The largest absolute Gasteiger partial charge is 1.00 e. The molecule has 1 aromatic rings. The molecule has 0 radical (unpaired) electrons. The Bertz CT molecular complexity index is 162. The first-order valence-corrected chi connectivity index (χ1v) is 3.02. The number of aromatic amines is 1. The molecular weight excluding hydrogens is 274 g/mol. The molecule has 11 heavy (non-hydrogen) atoms. The van der Waals surface area contributed by atoms with Crippen LogP contribution < -0.4 is 39.7 Å². The van der Waals surface area contributed by atoms with Crippen molar-refractivity contribution in [2.45, 2.75) is 19.4 Å². The van der Waals surface area contributed by atoms with Crippen LogP contribution in [0, 0.1) is 0 Å². The lowest BCUT2D eigenvalue weighted by Gasteiger charge is -1.99. The zero-order valence-corrected chi connectivity index (χ0v) is 9.39. The van der Waals surface area contributed by atoms with Crippen LogP contribution in [0.4, 0.5) is 0 Å². The van der Waals surface area contributed by atoms with Gasteiger partial charge < -0.3 is 44.7 Å².